The molecule has 53 heavy (non-hydrogen) atoms. The van der Waals surface area contributed by atoms with E-state index in [2.05, 4.69) is 0 Å². The maximum atomic E-state index is 13.9. The Kier molecular flexibility index (Phi) is 12.2. The van der Waals surface area contributed by atoms with Crippen molar-refractivity contribution < 1.29 is 52.9 Å². The Morgan fingerprint density at radius 1 is 1.06 bits per heavy atom. The number of amides is 3. The Balaban J connectivity index is 1.41. The number of ether oxygens (including phenoxy) is 4. The molecule has 0 spiro atoms. The number of nitrogens with two attached hydrogens (primary N) is 1. The number of rotatable bonds is 14. The van der Waals surface area contributed by atoms with E-state index in [-0.39, 0.29) is 56.4 Å². The summed E-state index contributed by atoms with van der Waals surface area (Å²) >= 11 is 7.76. The van der Waals surface area contributed by atoms with Crippen LogP contribution in [0.3, 0.4) is 0 Å². The van der Waals surface area contributed by atoms with E-state index in [0.717, 1.165) is 34.5 Å². The standard InChI is InChI=1S/C34H31ClN4O12S2/c1-48-23-11-18(12-24(49-2)29(23)50-3)34(45)53-16-19-15-52-32-28(31(42)38(32)27(19)33(43)44)37(30(41)26(36)17-7-5-4-6-8-17)25(40)14-51-22-10-9-20(35)13-21(22)39(46)47/h4-13,26,28,32H,14-16,36H2,1-3H3,(H,43,44)/t26-,28?,32-/m1/s1. The van der Waals surface area contributed by atoms with Crippen molar-refractivity contribution >= 4 is 69.6 Å². The van der Waals surface area contributed by atoms with Crippen LogP contribution in [0.4, 0.5) is 5.69 Å². The Hall–Kier alpha value is -5.30. The Bertz CT molecular complexity index is 1990. The van der Waals surface area contributed by atoms with Gasteiger partial charge in [0.05, 0.1) is 26.3 Å². The molecule has 3 atom stereocenters. The number of carboxylic acid groups (broad SMARTS) is 1. The van der Waals surface area contributed by atoms with E-state index in [4.69, 9.17) is 36.3 Å². The molecule has 16 nitrogen and oxygen atoms in total. The van der Waals surface area contributed by atoms with Crippen molar-refractivity contribution in [3.63, 3.8) is 0 Å². The number of benzene rings is 3. The molecule has 3 aromatic rings. The van der Waals surface area contributed by atoms with Gasteiger partial charge in [0.2, 0.25) is 10.9 Å². The summed E-state index contributed by atoms with van der Waals surface area (Å²) < 4.78 is 21.4. The normalized spacial score (nSPS) is 16.8. The number of carbonyl (C=O) groups is 5. The van der Waals surface area contributed by atoms with Crippen molar-refractivity contribution in [2.45, 2.75) is 17.5 Å². The number of fused-ring (bicyclic) bond motifs is 1. The van der Waals surface area contributed by atoms with Gasteiger partial charge in [-0.05, 0) is 35.4 Å². The summed E-state index contributed by atoms with van der Waals surface area (Å²) in [5, 5.41) is 20.4. The van der Waals surface area contributed by atoms with Crippen LogP contribution in [0.5, 0.6) is 23.0 Å². The first-order chi connectivity index (χ1) is 25.3. The minimum absolute atomic E-state index is 0.0243. The van der Waals surface area contributed by atoms with E-state index < -0.39 is 63.5 Å². The topological polar surface area (TPSA) is 218 Å². The summed E-state index contributed by atoms with van der Waals surface area (Å²) in [4.78, 5) is 79.8. The average molecular weight is 787 g/mol. The number of methoxy groups -OCH3 is 3. The molecule has 19 heteroatoms. The van der Waals surface area contributed by atoms with Crippen LogP contribution in [0.15, 0.2) is 71.9 Å². The second-order valence-corrected chi connectivity index (χ2v) is 13.7. The maximum Gasteiger partial charge on any atom is 0.352 e. The van der Waals surface area contributed by atoms with Crippen molar-refractivity contribution in [3.8, 4) is 23.0 Å². The molecule has 3 aromatic carbocycles. The third-order valence-corrected chi connectivity index (χ3v) is 10.7. The summed E-state index contributed by atoms with van der Waals surface area (Å²) in [7, 11) is 4.20. The first kappa shape index (κ1) is 38.9. The van der Waals surface area contributed by atoms with Crippen LogP contribution in [-0.4, -0.2) is 99.5 Å². The van der Waals surface area contributed by atoms with Gasteiger partial charge in [0.25, 0.3) is 17.7 Å². The lowest BCUT2D eigenvalue weighted by Gasteiger charge is -2.52. The number of imide groups is 1. The number of nitrogens with zero attached hydrogens (tertiary/aromatic N) is 3. The van der Waals surface area contributed by atoms with Crippen molar-refractivity contribution in [2.75, 3.05) is 39.4 Å². The van der Waals surface area contributed by atoms with E-state index >= 15 is 0 Å². The number of halogens is 1. The largest absolute Gasteiger partial charge is 0.493 e. The predicted octanol–water partition coefficient (Wildman–Crippen LogP) is 3.90. The molecule has 2 aliphatic rings. The first-order valence-corrected chi connectivity index (χ1v) is 17.8. The fourth-order valence-electron chi connectivity index (χ4n) is 5.65. The molecule has 0 radical (unpaired) electrons. The number of β-lactam (4-membered cyclic amide) rings is 1. The van der Waals surface area contributed by atoms with Crippen molar-refractivity contribution in [1.29, 1.82) is 0 Å². The van der Waals surface area contributed by atoms with Crippen LogP contribution in [0.1, 0.15) is 22.0 Å². The van der Waals surface area contributed by atoms with Gasteiger partial charge < -0.3 is 29.8 Å². The van der Waals surface area contributed by atoms with Crippen LogP contribution in [0.2, 0.25) is 5.02 Å². The summed E-state index contributed by atoms with van der Waals surface area (Å²) in [6, 6.07) is 11.6. The summed E-state index contributed by atoms with van der Waals surface area (Å²) in [6.45, 7) is -0.913. The molecule has 0 aromatic heterocycles. The van der Waals surface area contributed by atoms with Crippen LogP contribution in [0.25, 0.3) is 0 Å². The zero-order valence-electron chi connectivity index (χ0n) is 28.2. The molecule has 3 amide bonds. The van der Waals surface area contributed by atoms with E-state index in [1.165, 1.54) is 45.6 Å². The minimum atomic E-state index is -1.50. The first-order valence-electron chi connectivity index (χ1n) is 15.4. The number of nitro benzene ring substituents is 1. The maximum absolute atomic E-state index is 13.9. The molecule has 278 valence electrons. The molecule has 1 fully saturated rings. The summed E-state index contributed by atoms with van der Waals surface area (Å²) in [5.41, 5.74) is 6.12. The molecule has 0 aliphatic carbocycles. The van der Waals surface area contributed by atoms with Gasteiger partial charge in [0, 0.05) is 28.2 Å². The Morgan fingerprint density at radius 2 is 1.72 bits per heavy atom. The molecule has 2 aliphatic heterocycles. The van der Waals surface area contributed by atoms with Gasteiger partial charge in [-0.1, -0.05) is 53.7 Å². The van der Waals surface area contributed by atoms with E-state index in [1.807, 2.05) is 0 Å². The fourth-order valence-corrected chi connectivity index (χ4v) is 8.16. The molecular formula is C34H31ClN4O12S2. The molecule has 1 saturated heterocycles. The molecule has 0 saturated carbocycles. The monoisotopic (exact) mass is 786 g/mol. The third kappa shape index (κ3) is 7.90. The molecule has 2 heterocycles. The van der Waals surface area contributed by atoms with Crippen molar-refractivity contribution in [2.24, 2.45) is 5.73 Å². The van der Waals surface area contributed by atoms with Crippen molar-refractivity contribution in [1.82, 2.24) is 9.80 Å². The zero-order chi connectivity index (χ0) is 38.6. The lowest BCUT2D eigenvalue weighted by Crippen LogP contribution is -2.73. The molecule has 5 rings (SSSR count). The highest BCUT2D eigenvalue weighted by Gasteiger charge is 2.58. The van der Waals surface area contributed by atoms with Crippen LogP contribution in [0, 0.1) is 10.1 Å². The lowest BCUT2D eigenvalue weighted by molar-refractivity contribution is -0.385. The van der Waals surface area contributed by atoms with Crippen molar-refractivity contribution in [3.05, 3.63) is 98.2 Å². The fraction of sp³-hybridized carbons (Fsp3) is 0.265. The van der Waals surface area contributed by atoms with Gasteiger partial charge in [-0.2, -0.15) is 0 Å². The highest BCUT2D eigenvalue weighted by molar-refractivity contribution is 8.14. The van der Waals surface area contributed by atoms with Crippen LogP contribution >= 0.6 is 35.1 Å². The summed E-state index contributed by atoms with van der Waals surface area (Å²) in [5.74, 6) is -4.02. The number of carbonyl (C=O) groups excluding carboxylic acids is 4. The lowest BCUT2D eigenvalue weighted by atomic mass is 9.99. The van der Waals surface area contributed by atoms with Crippen LogP contribution < -0.4 is 24.7 Å². The SMILES string of the molecule is COc1cc(C(=O)SCC2=C(C(=O)O)N3C(=O)C(N(C(=O)COc4ccc(Cl)cc4[N+](=O)[O-])C(=O)[C@H](N)c4ccccc4)[C@H]3SC2)cc(OC)c1OC. The van der Waals surface area contributed by atoms with E-state index in [9.17, 15) is 39.2 Å². The third-order valence-electron chi connectivity index (χ3n) is 8.18. The van der Waals surface area contributed by atoms with Crippen LogP contribution in [-0.2, 0) is 19.2 Å². The van der Waals surface area contributed by atoms with Gasteiger partial charge in [-0.15, -0.1) is 11.8 Å². The highest BCUT2D eigenvalue weighted by Crippen LogP contribution is 2.44. The highest BCUT2D eigenvalue weighted by atomic mass is 35.5. The second kappa shape index (κ2) is 16.6. The second-order valence-electron chi connectivity index (χ2n) is 11.3. The number of hydrogen-bond donors (Lipinski definition) is 2. The number of carboxylic acids is 1. The summed E-state index contributed by atoms with van der Waals surface area (Å²) in [6.07, 6.45) is 0. The number of thioether (sulfide) groups is 2. The number of aliphatic carboxylic acids is 1. The molecule has 3 N–H and O–H groups in total. The smallest absolute Gasteiger partial charge is 0.352 e. The van der Waals surface area contributed by atoms with Gasteiger partial charge >= 0.3 is 11.7 Å². The quantitative estimate of drug-likeness (QED) is 0.135. The minimum Gasteiger partial charge on any atom is -0.493 e. The van der Waals surface area contributed by atoms with Gasteiger partial charge in [0.1, 0.15) is 23.2 Å². The Morgan fingerprint density at radius 3 is 2.30 bits per heavy atom. The Labute approximate surface area is 315 Å². The molecular weight excluding hydrogens is 756 g/mol. The molecule has 0 bridgehead atoms. The van der Waals surface area contributed by atoms with E-state index in [0.29, 0.717) is 10.5 Å². The predicted molar refractivity (Wildman–Crippen MR) is 193 cm³/mol. The van der Waals surface area contributed by atoms with E-state index in [1.54, 1.807) is 30.3 Å². The average Bonchev–Trinajstić information content (AvgIpc) is 3.16. The van der Waals surface area contributed by atoms with Gasteiger partial charge in [-0.25, -0.2) is 4.79 Å². The number of nitro groups is 1. The zero-order valence-corrected chi connectivity index (χ0v) is 30.6. The molecule has 1 unspecified atom stereocenters. The van der Waals surface area contributed by atoms with Gasteiger partial charge in [0.15, 0.2) is 23.9 Å². The van der Waals surface area contributed by atoms with Gasteiger partial charge in [-0.3, -0.25) is 39.1 Å². The number of hydrogen-bond acceptors (Lipinski definition) is 14.